The smallest absolute Gasteiger partial charge is 0.391 e. The molecule has 0 heterocycles. The van der Waals surface area contributed by atoms with Crippen molar-refractivity contribution in [3.05, 3.63) is 29.6 Å². The highest BCUT2D eigenvalue weighted by molar-refractivity contribution is 5.95. The number of rotatable bonds is 3. The topological polar surface area (TPSA) is 66.4 Å². The molecule has 1 aromatic carbocycles. The Bertz CT molecular complexity index is 615. The van der Waals surface area contributed by atoms with Gasteiger partial charge in [-0.1, -0.05) is 6.42 Å². The van der Waals surface area contributed by atoms with E-state index < -0.39 is 35.7 Å². The molecule has 23 heavy (non-hydrogen) atoms. The minimum atomic E-state index is -4.35. The van der Waals surface area contributed by atoms with Gasteiger partial charge in [-0.3, -0.25) is 4.79 Å². The third-order valence-corrected chi connectivity index (χ3v) is 3.98. The maximum Gasteiger partial charge on any atom is 0.391 e. The highest BCUT2D eigenvalue weighted by Gasteiger charge is 2.43. The summed E-state index contributed by atoms with van der Waals surface area (Å²) in [5, 5.41) is 11.0. The number of anilines is 1. The number of hydrogen-bond acceptors (Lipinski definition) is 2. The van der Waals surface area contributed by atoms with Crippen LogP contribution >= 0.6 is 0 Å². The number of benzene rings is 1. The maximum atomic E-state index is 13.6. The molecular weight excluding hydrogens is 318 g/mol. The van der Waals surface area contributed by atoms with E-state index in [0.717, 1.165) is 18.2 Å². The average molecular weight is 333 g/mol. The van der Waals surface area contributed by atoms with Gasteiger partial charge in [-0.2, -0.15) is 13.2 Å². The predicted molar refractivity (Wildman–Crippen MR) is 73.5 cm³/mol. The summed E-state index contributed by atoms with van der Waals surface area (Å²) in [4.78, 5) is 22.9. The Hall–Kier alpha value is -2.12. The van der Waals surface area contributed by atoms with Crippen molar-refractivity contribution in [1.82, 2.24) is 0 Å². The van der Waals surface area contributed by atoms with Crippen molar-refractivity contribution in [2.24, 2.45) is 11.8 Å². The Kier molecular flexibility index (Phi) is 4.91. The number of amides is 1. The molecule has 2 unspecified atom stereocenters. The molecule has 2 rings (SSSR count). The molecule has 1 aliphatic rings. The molecule has 0 spiro atoms. The Morgan fingerprint density at radius 3 is 2.52 bits per heavy atom. The van der Waals surface area contributed by atoms with E-state index >= 15 is 0 Å². The number of carboxylic acids is 1. The van der Waals surface area contributed by atoms with Crippen molar-refractivity contribution in [1.29, 1.82) is 0 Å². The molecule has 4 nitrogen and oxygen atoms in total. The number of nitrogens with one attached hydrogen (secondary N) is 1. The maximum absolute atomic E-state index is 13.6. The summed E-state index contributed by atoms with van der Waals surface area (Å²) in [6, 6.07) is 2.87. The van der Waals surface area contributed by atoms with E-state index in [-0.39, 0.29) is 30.5 Å². The van der Waals surface area contributed by atoms with Crippen LogP contribution < -0.4 is 5.32 Å². The molecule has 8 heteroatoms. The number of carboxylic acid groups (broad SMARTS) is 1. The molecule has 0 aliphatic heterocycles. The van der Waals surface area contributed by atoms with Gasteiger partial charge in [-0.05, 0) is 37.5 Å². The van der Waals surface area contributed by atoms with E-state index in [2.05, 4.69) is 5.32 Å². The minimum absolute atomic E-state index is 0.0177. The summed E-state index contributed by atoms with van der Waals surface area (Å²) < 4.78 is 51.9. The number of halogens is 4. The number of hydrogen-bond donors (Lipinski definition) is 2. The van der Waals surface area contributed by atoms with Gasteiger partial charge in [-0.25, -0.2) is 9.18 Å². The van der Waals surface area contributed by atoms with Crippen LogP contribution in [0.4, 0.5) is 23.2 Å². The van der Waals surface area contributed by atoms with Crippen LogP contribution in [-0.4, -0.2) is 23.2 Å². The first-order valence-corrected chi connectivity index (χ1v) is 7.09. The van der Waals surface area contributed by atoms with E-state index in [1.165, 1.54) is 0 Å². The van der Waals surface area contributed by atoms with Crippen LogP contribution in [-0.2, 0) is 4.79 Å². The van der Waals surface area contributed by atoms with Crippen molar-refractivity contribution in [2.75, 3.05) is 5.32 Å². The van der Waals surface area contributed by atoms with Crippen molar-refractivity contribution < 1.29 is 32.3 Å². The molecule has 1 aliphatic carbocycles. The average Bonchev–Trinajstić information content (AvgIpc) is 2.48. The second kappa shape index (κ2) is 6.55. The number of aromatic carboxylic acids is 1. The van der Waals surface area contributed by atoms with Gasteiger partial charge in [0.05, 0.1) is 17.2 Å². The van der Waals surface area contributed by atoms with Gasteiger partial charge in [0.15, 0.2) is 0 Å². The molecule has 0 bridgehead atoms. The van der Waals surface area contributed by atoms with Gasteiger partial charge >= 0.3 is 12.1 Å². The standard InChI is InChI=1S/C15H15F4NO3/c16-11-5-4-9(14(22)23)7-12(11)20-13(21)8-2-1-3-10(6-8)15(17,18)19/h4-5,7-8,10H,1-3,6H2,(H,20,21)(H,22,23). The van der Waals surface area contributed by atoms with Gasteiger partial charge in [0.25, 0.3) is 0 Å². The van der Waals surface area contributed by atoms with E-state index in [0.29, 0.717) is 6.42 Å². The van der Waals surface area contributed by atoms with Crippen molar-refractivity contribution >= 4 is 17.6 Å². The monoisotopic (exact) mass is 333 g/mol. The molecule has 126 valence electrons. The SMILES string of the molecule is O=C(O)c1ccc(F)c(NC(=O)C2CCCC(C(F)(F)F)C2)c1. The number of alkyl halides is 3. The largest absolute Gasteiger partial charge is 0.478 e. The van der Waals surface area contributed by atoms with Crippen molar-refractivity contribution in [2.45, 2.75) is 31.9 Å². The molecule has 1 saturated carbocycles. The van der Waals surface area contributed by atoms with E-state index in [1.807, 2.05) is 0 Å². The first-order valence-electron chi connectivity index (χ1n) is 7.09. The van der Waals surface area contributed by atoms with E-state index in [4.69, 9.17) is 5.11 Å². The van der Waals surface area contributed by atoms with Crippen LogP contribution in [0, 0.1) is 17.7 Å². The summed E-state index contributed by atoms with van der Waals surface area (Å²) in [6.45, 7) is 0. The first kappa shape index (κ1) is 17.2. The third-order valence-electron chi connectivity index (χ3n) is 3.98. The molecule has 1 fully saturated rings. The van der Waals surface area contributed by atoms with Gasteiger partial charge in [0.2, 0.25) is 5.91 Å². The summed E-state index contributed by atoms with van der Waals surface area (Å²) in [5.41, 5.74) is -0.567. The first-order chi connectivity index (χ1) is 10.7. The fourth-order valence-corrected chi connectivity index (χ4v) is 2.71. The van der Waals surface area contributed by atoms with Gasteiger partial charge in [0, 0.05) is 5.92 Å². The Labute approximate surface area is 129 Å². The van der Waals surface area contributed by atoms with Crippen molar-refractivity contribution in [3.63, 3.8) is 0 Å². The predicted octanol–water partition coefficient (Wildman–Crippen LogP) is 3.83. The lowest BCUT2D eigenvalue weighted by molar-refractivity contribution is -0.185. The lowest BCUT2D eigenvalue weighted by Crippen LogP contribution is -2.34. The third kappa shape index (κ3) is 4.20. The molecule has 2 atom stereocenters. The Balaban J connectivity index is 2.10. The van der Waals surface area contributed by atoms with E-state index in [9.17, 15) is 27.2 Å². The molecular formula is C15H15F4NO3. The minimum Gasteiger partial charge on any atom is -0.478 e. The Morgan fingerprint density at radius 2 is 1.91 bits per heavy atom. The molecule has 1 aromatic rings. The summed E-state index contributed by atoms with van der Waals surface area (Å²) in [6.07, 6.45) is -4.16. The lowest BCUT2D eigenvalue weighted by atomic mass is 9.80. The fourth-order valence-electron chi connectivity index (χ4n) is 2.71. The zero-order chi connectivity index (χ0) is 17.2. The summed E-state index contributed by atoms with van der Waals surface area (Å²) >= 11 is 0. The Morgan fingerprint density at radius 1 is 1.22 bits per heavy atom. The zero-order valence-corrected chi connectivity index (χ0v) is 12.0. The number of carbonyl (C=O) groups excluding carboxylic acids is 1. The molecule has 1 amide bonds. The quantitative estimate of drug-likeness (QED) is 0.826. The highest BCUT2D eigenvalue weighted by Crippen LogP contribution is 2.40. The molecule has 0 saturated heterocycles. The van der Waals surface area contributed by atoms with Crippen molar-refractivity contribution in [3.8, 4) is 0 Å². The van der Waals surface area contributed by atoms with E-state index in [1.54, 1.807) is 0 Å². The van der Waals surface area contributed by atoms with Gasteiger partial charge < -0.3 is 10.4 Å². The second-order valence-electron chi connectivity index (χ2n) is 5.59. The van der Waals surface area contributed by atoms with Crippen LogP contribution in [0.5, 0.6) is 0 Å². The van der Waals surface area contributed by atoms with Crippen LogP contribution in [0.15, 0.2) is 18.2 Å². The zero-order valence-electron chi connectivity index (χ0n) is 12.0. The van der Waals surface area contributed by atoms with Crippen LogP contribution in [0.3, 0.4) is 0 Å². The second-order valence-corrected chi connectivity index (χ2v) is 5.59. The summed E-state index contributed by atoms with van der Waals surface area (Å²) in [5.74, 6) is -5.27. The van der Waals surface area contributed by atoms with Gasteiger partial charge in [0.1, 0.15) is 5.82 Å². The van der Waals surface area contributed by atoms with Gasteiger partial charge in [-0.15, -0.1) is 0 Å². The fraction of sp³-hybridized carbons (Fsp3) is 0.467. The number of carbonyl (C=O) groups is 2. The summed E-state index contributed by atoms with van der Waals surface area (Å²) in [7, 11) is 0. The van der Waals surface area contributed by atoms with Crippen LogP contribution in [0.2, 0.25) is 0 Å². The normalized spacial score (nSPS) is 21.7. The van der Waals surface area contributed by atoms with Crippen LogP contribution in [0.25, 0.3) is 0 Å². The lowest BCUT2D eigenvalue weighted by Gasteiger charge is -2.29. The molecule has 0 radical (unpaired) electrons. The molecule has 0 aromatic heterocycles. The molecule has 2 N–H and O–H groups in total. The highest BCUT2D eigenvalue weighted by atomic mass is 19.4. The van der Waals surface area contributed by atoms with Crippen LogP contribution in [0.1, 0.15) is 36.0 Å².